The highest BCUT2D eigenvalue weighted by atomic mass is 19.4. The average Bonchev–Trinajstić information content (AvgIpc) is 2.42. The van der Waals surface area contributed by atoms with Gasteiger partial charge in [0, 0.05) is 31.9 Å². The zero-order valence-corrected chi connectivity index (χ0v) is 11.8. The lowest BCUT2D eigenvalue weighted by molar-refractivity contribution is -0.137. The summed E-state index contributed by atoms with van der Waals surface area (Å²) in [5.74, 6) is -0.350. The fourth-order valence-electron chi connectivity index (χ4n) is 1.75. The summed E-state index contributed by atoms with van der Waals surface area (Å²) >= 11 is 0. The molecule has 21 heavy (non-hydrogen) atoms. The van der Waals surface area contributed by atoms with Crippen molar-refractivity contribution in [2.75, 3.05) is 18.5 Å². The molecule has 0 aliphatic heterocycles. The molecule has 0 saturated heterocycles. The van der Waals surface area contributed by atoms with Crippen LogP contribution in [0.3, 0.4) is 0 Å². The number of carbonyl (C=O) groups is 1. The largest absolute Gasteiger partial charge is 0.416 e. The van der Waals surface area contributed by atoms with Gasteiger partial charge in [0.25, 0.3) is 0 Å². The molecule has 7 heteroatoms. The number of amides is 1. The molecule has 3 N–H and O–H groups in total. The van der Waals surface area contributed by atoms with Crippen molar-refractivity contribution in [2.45, 2.75) is 32.5 Å². The molecule has 0 aliphatic rings. The van der Waals surface area contributed by atoms with E-state index in [9.17, 15) is 18.0 Å². The van der Waals surface area contributed by atoms with Gasteiger partial charge in [-0.25, -0.2) is 0 Å². The Hall–Kier alpha value is -1.60. The molecule has 0 heterocycles. The normalized spacial score (nSPS) is 11.5. The van der Waals surface area contributed by atoms with Crippen molar-refractivity contribution in [3.8, 4) is 0 Å². The monoisotopic (exact) mass is 304 g/mol. The molecule has 0 saturated carbocycles. The van der Waals surface area contributed by atoms with Crippen LogP contribution in [0, 0.1) is 0 Å². The van der Waals surface area contributed by atoms with Gasteiger partial charge in [0.2, 0.25) is 5.91 Å². The first-order chi connectivity index (χ1) is 9.86. The number of hydrogen-bond donors (Lipinski definition) is 2. The molecule has 0 atom stereocenters. The summed E-state index contributed by atoms with van der Waals surface area (Å²) in [5.41, 5.74) is 4.97. The van der Waals surface area contributed by atoms with E-state index in [0.717, 1.165) is 12.1 Å². The third-order valence-electron chi connectivity index (χ3n) is 2.74. The number of nitrogens with one attached hydrogen (secondary N) is 1. The van der Waals surface area contributed by atoms with Crippen LogP contribution in [0.15, 0.2) is 18.2 Å². The highest BCUT2D eigenvalue weighted by Crippen LogP contribution is 2.32. The second-order valence-corrected chi connectivity index (χ2v) is 4.47. The number of carbonyl (C=O) groups excluding carboxylic acids is 1. The van der Waals surface area contributed by atoms with E-state index in [4.69, 9.17) is 10.5 Å². The highest BCUT2D eigenvalue weighted by Gasteiger charge is 2.31. The molecule has 1 rings (SSSR count). The molecule has 0 bridgehead atoms. The zero-order chi connectivity index (χ0) is 15.9. The summed E-state index contributed by atoms with van der Waals surface area (Å²) in [4.78, 5) is 11.7. The van der Waals surface area contributed by atoms with E-state index in [0.29, 0.717) is 25.2 Å². The topological polar surface area (TPSA) is 64.3 Å². The van der Waals surface area contributed by atoms with Gasteiger partial charge in [-0.05, 0) is 37.1 Å². The molecule has 0 fully saturated rings. The van der Waals surface area contributed by atoms with E-state index in [1.807, 2.05) is 6.92 Å². The second kappa shape index (κ2) is 7.99. The Balaban J connectivity index is 2.71. The Labute approximate surface area is 121 Å². The molecule has 1 aromatic carbocycles. The van der Waals surface area contributed by atoms with E-state index in [-0.39, 0.29) is 24.6 Å². The van der Waals surface area contributed by atoms with Crippen LogP contribution < -0.4 is 11.1 Å². The van der Waals surface area contributed by atoms with Crippen LogP contribution in [0.4, 0.5) is 18.9 Å². The maximum atomic E-state index is 12.7. The average molecular weight is 304 g/mol. The molecule has 118 valence electrons. The standard InChI is InChI=1S/C14H19F3N2O2/c1-2-21-5-3-4-13(20)19-12-7-10(9-18)6-11(8-12)14(15,16)17/h6-8H,2-5,9,18H2,1H3,(H,19,20). The summed E-state index contributed by atoms with van der Waals surface area (Å²) < 4.78 is 43.3. The lowest BCUT2D eigenvalue weighted by Crippen LogP contribution is -2.14. The van der Waals surface area contributed by atoms with Crippen LogP contribution in [0.5, 0.6) is 0 Å². The number of benzene rings is 1. The third kappa shape index (κ3) is 6.14. The van der Waals surface area contributed by atoms with Crippen molar-refractivity contribution in [1.82, 2.24) is 0 Å². The fraction of sp³-hybridized carbons (Fsp3) is 0.500. The number of hydrogen-bond acceptors (Lipinski definition) is 3. The molecular formula is C14H19F3N2O2. The van der Waals surface area contributed by atoms with E-state index in [1.54, 1.807) is 0 Å². The zero-order valence-electron chi connectivity index (χ0n) is 11.8. The number of ether oxygens (including phenoxy) is 1. The first-order valence-electron chi connectivity index (χ1n) is 6.65. The van der Waals surface area contributed by atoms with Crippen LogP contribution in [-0.2, 0) is 22.3 Å². The first-order valence-corrected chi connectivity index (χ1v) is 6.65. The maximum absolute atomic E-state index is 12.7. The van der Waals surface area contributed by atoms with Gasteiger partial charge in [-0.2, -0.15) is 13.2 Å². The Morgan fingerprint density at radius 1 is 1.33 bits per heavy atom. The highest BCUT2D eigenvalue weighted by molar-refractivity contribution is 5.90. The molecular weight excluding hydrogens is 285 g/mol. The van der Waals surface area contributed by atoms with Gasteiger partial charge in [0.05, 0.1) is 5.56 Å². The molecule has 0 aliphatic carbocycles. The summed E-state index contributed by atoms with van der Waals surface area (Å²) in [6.45, 7) is 2.82. The predicted molar refractivity (Wildman–Crippen MR) is 73.7 cm³/mol. The van der Waals surface area contributed by atoms with E-state index in [1.165, 1.54) is 6.07 Å². The Bertz CT molecular complexity index is 476. The number of alkyl halides is 3. The summed E-state index contributed by atoms with van der Waals surface area (Å²) in [6, 6.07) is 3.32. The predicted octanol–water partition coefficient (Wildman–Crippen LogP) is 2.92. The van der Waals surface area contributed by atoms with Crippen molar-refractivity contribution in [3.05, 3.63) is 29.3 Å². The summed E-state index contributed by atoms with van der Waals surface area (Å²) in [5, 5.41) is 2.46. The molecule has 1 amide bonds. The van der Waals surface area contributed by atoms with Crippen molar-refractivity contribution in [3.63, 3.8) is 0 Å². The second-order valence-electron chi connectivity index (χ2n) is 4.47. The van der Waals surface area contributed by atoms with Crippen LogP contribution in [-0.4, -0.2) is 19.1 Å². The van der Waals surface area contributed by atoms with E-state index >= 15 is 0 Å². The lowest BCUT2D eigenvalue weighted by atomic mass is 10.1. The van der Waals surface area contributed by atoms with Crippen molar-refractivity contribution in [1.29, 1.82) is 0 Å². The van der Waals surface area contributed by atoms with E-state index < -0.39 is 11.7 Å². The van der Waals surface area contributed by atoms with Crippen LogP contribution in [0.2, 0.25) is 0 Å². The Kier molecular flexibility index (Phi) is 6.64. The molecule has 4 nitrogen and oxygen atoms in total. The third-order valence-corrected chi connectivity index (χ3v) is 2.74. The first kappa shape index (κ1) is 17.5. The maximum Gasteiger partial charge on any atom is 0.416 e. The van der Waals surface area contributed by atoms with Crippen molar-refractivity contribution >= 4 is 11.6 Å². The minimum Gasteiger partial charge on any atom is -0.382 e. The Morgan fingerprint density at radius 3 is 2.62 bits per heavy atom. The molecule has 1 aromatic rings. The van der Waals surface area contributed by atoms with Crippen molar-refractivity contribution < 1.29 is 22.7 Å². The number of anilines is 1. The number of rotatable bonds is 7. The minimum absolute atomic E-state index is 0.0306. The van der Waals surface area contributed by atoms with E-state index in [2.05, 4.69) is 5.32 Å². The molecule has 0 unspecified atom stereocenters. The molecule has 0 spiro atoms. The van der Waals surface area contributed by atoms with Gasteiger partial charge in [0.1, 0.15) is 0 Å². The van der Waals surface area contributed by atoms with Crippen LogP contribution >= 0.6 is 0 Å². The van der Waals surface area contributed by atoms with Crippen LogP contribution in [0.25, 0.3) is 0 Å². The molecule has 0 radical (unpaired) electrons. The lowest BCUT2D eigenvalue weighted by Gasteiger charge is -2.12. The minimum atomic E-state index is -4.47. The SMILES string of the molecule is CCOCCCC(=O)Nc1cc(CN)cc(C(F)(F)F)c1. The van der Waals surface area contributed by atoms with Gasteiger partial charge in [-0.3, -0.25) is 4.79 Å². The Morgan fingerprint density at radius 2 is 2.05 bits per heavy atom. The molecule has 0 aromatic heterocycles. The van der Waals surface area contributed by atoms with Gasteiger partial charge < -0.3 is 15.8 Å². The smallest absolute Gasteiger partial charge is 0.382 e. The van der Waals surface area contributed by atoms with Crippen molar-refractivity contribution in [2.24, 2.45) is 5.73 Å². The van der Waals surface area contributed by atoms with Gasteiger partial charge in [-0.1, -0.05) is 0 Å². The summed E-state index contributed by atoms with van der Waals surface area (Å²) in [7, 11) is 0. The van der Waals surface area contributed by atoms with Gasteiger partial charge in [0.15, 0.2) is 0 Å². The van der Waals surface area contributed by atoms with Gasteiger partial charge in [-0.15, -0.1) is 0 Å². The fourth-order valence-corrected chi connectivity index (χ4v) is 1.75. The quantitative estimate of drug-likeness (QED) is 0.761. The summed E-state index contributed by atoms with van der Waals surface area (Å²) in [6.07, 6.45) is -3.77. The number of nitrogens with two attached hydrogens (primary N) is 1. The number of halogens is 3. The van der Waals surface area contributed by atoms with Crippen LogP contribution in [0.1, 0.15) is 30.9 Å². The van der Waals surface area contributed by atoms with Gasteiger partial charge >= 0.3 is 6.18 Å².